The Hall–Kier alpha value is -1.54. The van der Waals surface area contributed by atoms with Gasteiger partial charge in [0, 0.05) is 12.5 Å². The van der Waals surface area contributed by atoms with Crippen molar-refractivity contribution >= 4 is 0 Å². The Kier molecular flexibility index (Phi) is 3.78. The van der Waals surface area contributed by atoms with Gasteiger partial charge in [-0.15, -0.1) is 0 Å². The van der Waals surface area contributed by atoms with Gasteiger partial charge in [-0.2, -0.15) is 0 Å². The fraction of sp³-hybridized carbons (Fsp3) is 0.286. The van der Waals surface area contributed by atoms with Gasteiger partial charge in [-0.3, -0.25) is 0 Å². The number of rotatable bonds is 5. The molecule has 0 radical (unpaired) electrons. The minimum absolute atomic E-state index is 0.331. The lowest BCUT2D eigenvalue weighted by Gasteiger charge is -2.16. The molecular formula is C14H17NO. The molecule has 0 amide bonds. The summed E-state index contributed by atoms with van der Waals surface area (Å²) in [5, 5.41) is 3.48. The van der Waals surface area contributed by atoms with Crippen LogP contribution in [0, 0.1) is 0 Å². The number of likely N-dealkylation sites (N-methyl/N-ethyl adjacent to an activating group) is 1. The van der Waals surface area contributed by atoms with Gasteiger partial charge in [-0.25, -0.2) is 0 Å². The van der Waals surface area contributed by atoms with E-state index in [2.05, 4.69) is 36.5 Å². The van der Waals surface area contributed by atoms with Crippen molar-refractivity contribution in [1.29, 1.82) is 0 Å². The van der Waals surface area contributed by atoms with E-state index in [0.717, 1.165) is 18.7 Å². The number of hydrogen-bond acceptors (Lipinski definition) is 2. The quantitative estimate of drug-likeness (QED) is 0.828. The normalized spacial score (nSPS) is 12.6. The summed E-state index contributed by atoms with van der Waals surface area (Å²) in [6.07, 6.45) is 2.62. The van der Waals surface area contributed by atoms with E-state index in [0.29, 0.717) is 6.04 Å². The van der Waals surface area contributed by atoms with Gasteiger partial charge in [-0.05, 0) is 24.2 Å². The van der Waals surface area contributed by atoms with Crippen LogP contribution < -0.4 is 5.32 Å². The first-order valence-electron chi connectivity index (χ1n) is 5.71. The zero-order valence-electron chi connectivity index (χ0n) is 9.52. The Balaban J connectivity index is 2.11. The van der Waals surface area contributed by atoms with E-state index in [4.69, 9.17) is 4.42 Å². The van der Waals surface area contributed by atoms with Crippen LogP contribution in [0.1, 0.15) is 24.3 Å². The molecule has 0 saturated heterocycles. The molecule has 0 aliphatic heterocycles. The summed E-state index contributed by atoms with van der Waals surface area (Å²) in [7, 11) is 0. The van der Waals surface area contributed by atoms with Crippen molar-refractivity contribution in [2.45, 2.75) is 19.4 Å². The van der Waals surface area contributed by atoms with Crippen molar-refractivity contribution in [1.82, 2.24) is 5.32 Å². The highest BCUT2D eigenvalue weighted by Gasteiger charge is 2.11. The molecule has 1 aromatic heterocycles. The molecule has 0 aliphatic carbocycles. The number of benzene rings is 1. The third-order valence-electron chi connectivity index (χ3n) is 2.64. The second-order valence-electron chi connectivity index (χ2n) is 3.80. The van der Waals surface area contributed by atoms with Gasteiger partial charge in [0.1, 0.15) is 5.76 Å². The lowest BCUT2D eigenvalue weighted by Crippen LogP contribution is -2.22. The lowest BCUT2D eigenvalue weighted by molar-refractivity contribution is 0.455. The Morgan fingerprint density at radius 3 is 2.56 bits per heavy atom. The van der Waals surface area contributed by atoms with Crippen LogP contribution in [0.15, 0.2) is 53.1 Å². The summed E-state index contributed by atoms with van der Waals surface area (Å²) in [5.74, 6) is 1.02. The van der Waals surface area contributed by atoms with Crippen LogP contribution in [0.5, 0.6) is 0 Å². The Morgan fingerprint density at radius 1 is 1.12 bits per heavy atom. The first kappa shape index (κ1) is 11.0. The standard InChI is InChI=1S/C14H17NO/c1-2-15-14(11-13-9-6-10-16-13)12-7-4-3-5-8-12/h3-10,14-15H,2,11H2,1H3. The van der Waals surface area contributed by atoms with E-state index in [9.17, 15) is 0 Å². The molecule has 1 N–H and O–H groups in total. The fourth-order valence-electron chi connectivity index (χ4n) is 1.87. The van der Waals surface area contributed by atoms with Crippen LogP contribution in [-0.2, 0) is 6.42 Å². The summed E-state index contributed by atoms with van der Waals surface area (Å²) in [4.78, 5) is 0. The van der Waals surface area contributed by atoms with Crippen molar-refractivity contribution in [3.05, 3.63) is 60.1 Å². The molecular weight excluding hydrogens is 198 g/mol. The molecule has 1 unspecified atom stereocenters. The van der Waals surface area contributed by atoms with Gasteiger partial charge >= 0.3 is 0 Å². The molecule has 1 heterocycles. The molecule has 2 nitrogen and oxygen atoms in total. The minimum atomic E-state index is 0.331. The van der Waals surface area contributed by atoms with Gasteiger partial charge in [-0.1, -0.05) is 37.3 Å². The highest BCUT2D eigenvalue weighted by Crippen LogP contribution is 2.18. The zero-order valence-corrected chi connectivity index (χ0v) is 9.52. The molecule has 1 aromatic carbocycles. The van der Waals surface area contributed by atoms with Crippen LogP contribution in [0.25, 0.3) is 0 Å². The van der Waals surface area contributed by atoms with Crippen molar-refractivity contribution < 1.29 is 4.42 Å². The smallest absolute Gasteiger partial charge is 0.105 e. The van der Waals surface area contributed by atoms with Gasteiger partial charge in [0.2, 0.25) is 0 Å². The van der Waals surface area contributed by atoms with E-state index in [1.165, 1.54) is 5.56 Å². The predicted molar refractivity (Wildman–Crippen MR) is 65.3 cm³/mol. The molecule has 0 saturated carbocycles. The molecule has 2 heteroatoms. The van der Waals surface area contributed by atoms with Crippen LogP contribution >= 0.6 is 0 Å². The largest absolute Gasteiger partial charge is 0.469 e. The zero-order chi connectivity index (χ0) is 11.2. The first-order valence-corrected chi connectivity index (χ1v) is 5.71. The van der Waals surface area contributed by atoms with E-state index in [1.807, 2.05) is 18.2 Å². The van der Waals surface area contributed by atoms with Crippen LogP contribution in [0.3, 0.4) is 0 Å². The summed E-state index contributed by atoms with van der Waals surface area (Å²) in [6.45, 7) is 3.08. The highest BCUT2D eigenvalue weighted by molar-refractivity contribution is 5.20. The van der Waals surface area contributed by atoms with Gasteiger partial charge in [0.05, 0.1) is 6.26 Å². The number of nitrogens with one attached hydrogen (secondary N) is 1. The van der Waals surface area contributed by atoms with Crippen LogP contribution in [0.2, 0.25) is 0 Å². The minimum Gasteiger partial charge on any atom is -0.469 e. The molecule has 0 spiro atoms. The molecule has 0 fully saturated rings. The summed E-state index contributed by atoms with van der Waals surface area (Å²) >= 11 is 0. The molecule has 16 heavy (non-hydrogen) atoms. The maximum atomic E-state index is 5.39. The molecule has 84 valence electrons. The molecule has 0 bridgehead atoms. The average molecular weight is 215 g/mol. The maximum absolute atomic E-state index is 5.39. The molecule has 0 aliphatic rings. The highest BCUT2D eigenvalue weighted by atomic mass is 16.3. The van der Waals surface area contributed by atoms with Crippen molar-refractivity contribution in [3.8, 4) is 0 Å². The monoisotopic (exact) mass is 215 g/mol. The third-order valence-corrected chi connectivity index (χ3v) is 2.64. The van der Waals surface area contributed by atoms with Gasteiger partial charge in [0.25, 0.3) is 0 Å². The first-order chi connectivity index (χ1) is 7.90. The van der Waals surface area contributed by atoms with E-state index in [-0.39, 0.29) is 0 Å². The number of furan rings is 1. The third kappa shape index (κ3) is 2.74. The predicted octanol–water partition coefficient (Wildman–Crippen LogP) is 3.17. The summed E-state index contributed by atoms with van der Waals surface area (Å²) in [6, 6.07) is 14.8. The van der Waals surface area contributed by atoms with Crippen LogP contribution in [0.4, 0.5) is 0 Å². The SMILES string of the molecule is CCNC(Cc1ccco1)c1ccccc1. The topological polar surface area (TPSA) is 25.2 Å². The van der Waals surface area contributed by atoms with E-state index in [1.54, 1.807) is 6.26 Å². The van der Waals surface area contributed by atoms with Crippen LogP contribution in [-0.4, -0.2) is 6.54 Å². The van der Waals surface area contributed by atoms with Crippen molar-refractivity contribution in [3.63, 3.8) is 0 Å². The maximum Gasteiger partial charge on any atom is 0.105 e. The average Bonchev–Trinajstić information content (AvgIpc) is 2.83. The Labute approximate surface area is 96.3 Å². The van der Waals surface area contributed by atoms with Crippen molar-refractivity contribution in [2.75, 3.05) is 6.54 Å². The van der Waals surface area contributed by atoms with Gasteiger partial charge in [0.15, 0.2) is 0 Å². The fourth-order valence-corrected chi connectivity index (χ4v) is 1.87. The Bertz CT molecular complexity index is 394. The van der Waals surface area contributed by atoms with E-state index < -0.39 is 0 Å². The second kappa shape index (κ2) is 5.52. The summed E-state index contributed by atoms with van der Waals surface area (Å²) < 4.78 is 5.39. The number of hydrogen-bond donors (Lipinski definition) is 1. The van der Waals surface area contributed by atoms with Crippen molar-refractivity contribution in [2.24, 2.45) is 0 Å². The second-order valence-corrected chi connectivity index (χ2v) is 3.80. The molecule has 1 atom stereocenters. The Morgan fingerprint density at radius 2 is 1.94 bits per heavy atom. The lowest BCUT2D eigenvalue weighted by atomic mass is 10.0. The summed E-state index contributed by atoms with van der Waals surface area (Å²) in [5.41, 5.74) is 1.31. The van der Waals surface area contributed by atoms with Gasteiger partial charge < -0.3 is 9.73 Å². The molecule has 2 aromatic rings. The molecule has 2 rings (SSSR count). The van der Waals surface area contributed by atoms with E-state index >= 15 is 0 Å².